The second-order valence-electron chi connectivity index (χ2n) is 6.97. The van der Waals surface area contributed by atoms with Gasteiger partial charge in [-0.05, 0) is 19.3 Å². The lowest BCUT2D eigenvalue weighted by Crippen LogP contribution is -2.44. The van der Waals surface area contributed by atoms with Crippen LogP contribution in [-0.2, 0) is 11.8 Å². The molecule has 0 bridgehead atoms. The van der Waals surface area contributed by atoms with Crippen LogP contribution in [0.5, 0.6) is 0 Å². The molecule has 1 aliphatic heterocycles. The highest BCUT2D eigenvalue weighted by Gasteiger charge is 2.35. The Kier molecular flexibility index (Phi) is 4.14. The summed E-state index contributed by atoms with van der Waals surface area (Å²) in [6.07, 6.45) is 3.33. The zero-order valence-electron chi connectivity index (χ0n) is 13.7. The van der Waals surface area contributed by atoms with Crippen molar-refractivity contribution in [1.29, 1.82) is 0 Å². The summed E-state index contributed by atoms with van der Waals surface area (Å²) in [7, 11) is 0. The van der Waals surface area contributed by atoms with Crippen molar-refractivity contribution in [3.05, 3.63) is 11.3 Å². The molecule has 2 aromatic rings. The van der Waals surface area contributed by atoms with E-state index in [-0.39, 0.29) is 17.8 Å². The van der Waals surface area contributed by atoms with Gasteiger partial charge in [0.15, 0.2) is 11.4 Å². The van der Waals surface area contributed by atoms with Crippen LogP contribution < -0.4 is 16.0 Å². The minimum atomic E-state index is 0. The number of aromatic nitrogens is 2. The summed E-state index contributed by atoms with van der Waals surface area (Å²) in [5, 5.41) is 3.36. The van der Waals surface area contributed by atoms with Crippen molar-refractivity contribution in [2.45, 2.75) is 38.5 Å². The van der Waals surface area contributed by atoms with Crippen LogP contribution in [0.15, 0.2) is 4.42 Å². The fourth-order valence-corrected chi connectivity index (χ4v) is 3.72. The Labute approximate surface area is 142 Å². The van der Waals surface area contributed by atoms with E-state index >= 15 is 0 Å². The Morgan fingerprint density at radius 2 is 1.96 bits per heavy atom. The van der Waals surface area contributed by atoms with E-state index in [1.807, 2.05) is 0 Å². The molecule has 126 valence electrons. The third-order valence-electron chi connectivity index (χ3n) is 4.89. The number of aryl methyl sites for hydroxylation is 1. The van der Waals surface area contributed by atoms with Gasteiger partial charge >= 0.3 is 0 Å². The second kappa shape index (κ2) is 5.83. The lowest BCUT2D eigenvalue weighted by atomic mass is 9.77. The van der Waals surface area contributed by atoms with E-state index in [2.05, 4.69) is 34.0 Å². The molecule has 2 aliphatic rings. The first-order valence-corrected chi connectivity index (χ1v) is 8.11. The minimum Gasteiger partial charge on any atom is -0.455 e. The molecule has 0 saturated carbocycles. The molecule has 7 heteroatoms. The maximum Gasteiger partial charge on any atom is 0.222 e. The summed E-state index contributed by atoms with van der Waals surface area (Å²) in [5.41, 5.74) is 9.01. The van der Waals surface area contributed by atoms with Gasteiger partial charge in [0.1, 0.15) is 11.3 Å². The van der Waals surface area contributed by atoms with Gasteiger partial charge in [0.25, 0.3) is 0 Å². The van der Waals surface area contributed by atoms with E-state index in [4.69, 9.17) is 10.2 Å². The summed E-state index contributed by atoms with van der Waals surface area (Å²) in [4.78, 5) is 11.2. The fraction of sp³-hybridized carbons (Fsp3) is 0.625. The molecule has 1 saturated heterocycles. The maximum absolute atomic E-state index is 6.30. The number of piperazine rings is 1. The molecule has 3 heterocycles. The SMILES string of the molecule is CC1(C)CCCc2c1oc1c(N3CCNCC3)nc(N)nc21.Cl. The van der Waals surface area contributed by atoms with Crippen LogP contribution >= 0.6 is 12.4 Å². The number of hydrogen-bond donors (Lipinski definition) is 2. The van der Waals surface area contributed by atoms with Gasteiger partial charge in [-0.1, -0.05) is 13.8 Å². The van der Waals surface area contributed by atoms with Crippen molar-refractivity contribution in [1.82, 2.24) is 15.3 Å². The zero-order chi connectivity index (χ0) is 15.3. The number of nitrogens with two attached hydrogens (primary N) is 1. The van der Waals surface area contributed by atoms with E-state index in [1.54, 1.807) is 0 Å². The summed E-state index contributed by atoms with van der Waals surface area (Å²) >= 11 is 0. The van der Waals surface area contributed by atoms with Crippen LogP contribution in [0.3, 0.4) is 0 Å². The van der Waals surface area contributed by atoms with Crippen LogP contribution in [0, 0.1) is 0 Å². The van der Waals surface area contributed by atoms with Gasteiger partial charge in [-0.2, -0.15) is 4.98 Å². The van der Waals surface area contributed by atoms with Gasteiger partial charge in [-0.25, -0.2) is 4.98 Å². The molecule has 0 amide bonds. The highest BCUT2D eigenvalue weighted by atomic mass is 35.5. The van der Waals surface area contributed by atoms with E-state index < -0.39 is 0 Å². The number of anilines is 2. The molecule has 0 spiro atoms. The number of halogens is 1. The first-order valence-electron chi connectivity index (χ1n) is 8.11. The Morgan fingerprint density at radius 1 is 1.22 bits per heavy atom. The number of nitrogen functional groups attached to an aromatic ring is 1. The van der Waals surface area contributed by atoms with Gasteiger partial charge in [-0.3, -0.25) is 0 Å². The number of fused-ring (bicyclic) bond motifs is 3. The molecule has 1 fully saturated rings. The van der Waals surface area contributed by atoms with Crippen LogP contribution in [0.4, 0.5) is 11.8 Å². The Morgan fingerprint density at radius 3 is 2.70 bits per heavy atom. The highest BCUT2D eigenvalue weighted by Crippen LogP contribution is 2.43. The topological polar surface area (TPSA) is 80.2 Å². The van der Waals surface area contributed by atoms with Gasteiger partial charge < -0.3 is 20.4 Å². The van der Waals surface area contributed by atoms with Crippen molar-refractivity contribution in [3.8, 4) is 0 Å². The molecule has 3 N–H and O–H groups in total. The molecule has 1 aliphatic carbocycles. The summed E-state index contributed by atoms with van der Waals surface area (Å²) in [5.74, 6) is 2.27. The van der Waals surface area contributed by atoms with E-state index in [1.165, 1.54) is 12.0 Å². The molecular weight excluding hydrogens is 314 g/mol. The van der Waals surface area contributed by atoms with Crippen molar-refractivity contribution in [3.63, 3.8) is 0 Å². The Hall–Kier alpha value is -1.53. The standard InChI is InChI=1S/C16H23N5O.ClH/c1-16(2)5-3-4-10-11-12(22-13(10)16)14(20-15(17)19-11)21-8-6-18-7-9-21;/h18H,3-9H2,1-2H3,(H2,17,19,20);1H. The van der Waals surface area contributed by atoms with E-state index in [9.17, 15) is 0 Å². The molecule has 0 aromatic carbocycles. The first-order chi connectivity index (χ1) is 10.6. The summed E-state index contributed by atoms with van der Waals surface area (Å²) in [6, 6.07) is 0. The fourth-order valence-electron chi connectivity index (χ4n) is 3.72. The summed E-state index contributed by atoms with van der Waals surface area (Å²) < 4.78 is 6.30. The van der Waals surface area contributed by atoms with E-state index in [0.717, 1.165) is 61.7 Å². The molecule has 0 atom stereocenters. The number of hydrogen-bond acceptors (Lipinski definition) is 6. The monoisotopic (exact) mass is 337 g/mol. The first kappa shape index (κ1) is 16.3. The lowest BCUT2D eigenvalue weighted by molar-refractivity contribution is 0.345. The van der Waals surface area contributed by atoms with Crippen LogP contribution in [-0.4, -0.2) is 36.1 Å². The van der Waals surface area contributed by atoms with Gasteiger partial charge in [-0.15, -0.1) is 12.4 Å². The van der Waals surface area contributed by atoms with E-state index in [0.29, 0.717) is 5.95 Å². The predicted molar refractivity (Wildman–Crippen MR) is 94.5 cm³/mol. The minimum absolute atomic E-state index is 0. The Bertz CT molecular complexity index is 721. The number of nitrogens with zero attached hydrogens (tertiary/aromatic N) is 3. The average molecular weight is 338 g/mol. The predicted octanol–water partition coefficient (Wildman–Crippen LogP) is 2.25. The van der Waals surface area contributed by atoms with Crippen molar-refractivity contribution >= 4 is 35.3 Å². The van der Waals surface area contributed by atoms with Crippen molar-refractivity contribution in [2.24, 2.45) is 0 Å². The maximum atomic E-state index is 6.30. The molecular formula is C16H24ClN5O. The molecule has 2 aromatic heterocycles. The van der Waals surface area contributed by atoms with Crippen LogP contribution in [0.1, 0.15) is 38.0 Å². The molecule has 23 heavy (non-hydrogen) atoms. The number of furan rings is 1. The third kappa shape index (κ3) is 2.64. The molecule has 0 radical (unpaired) electrons. The smallest absolute Gasteiger partial charge is 0.222 e. The van der Waals surface area contributed by atoms with Gasteiger partial charge in [0, 0.05) is 37.2 Å². The Balaban J connectivity index is 0.00000156. The lowest BCUT2D eigenvalue weighted by Gasteiger charge is -2.28. The third-order valence-corrected chi connectivity index (χ3v) is 4.89. The normalized spacial score (nSPS) is 20.2. The second-order valence-corrected chi connectivity index (χ2v) is 6.97. The molecule has 4 rings (SSSR count). The summed E-state index contributed by atoms with van der Waals surface area (Å²) in [6.45, 7) is 8.23. The van der Waals surface area contributed by atoms with Crippen LogP contribution in [0.2, 0.25) is 0 Å². The molecule has 6 nitrogen and oxygen atoms in total. The quantitative estimate of drug-likeness (QED) is 0.830. The largest absolute Gasteiger partial charge is 0.455 e. The number of rotatable bonds is 1. The number of nitrogens with one attached hydrogen (secondary N) is 1. The van der Waals surface area contributed by atoms with Crippen LogP contribution in [0.25, 0.3) is 11.1 Å². The average Bonchev–Trinajstić information content (AvgIpc) is 2.87. The van der Waals surface area contributed by atoms with Gasteiger partial charge in [0.05, 0.1) is 0 Å². The zero-order valence-corrected chi connectivity index (χ0v) is 14.5. The van der Waals surface area contributed by atoms with Crippen molar-refractivity contribution in [2.75, 3.05) is 36.8 Å². The highest BCUT2D eigenvalue weighted by molar-refractivity contribution is 5.89. The van der Waals surface area contributed by atoms with Crippen molar-refractivity contribution < 1.29 is 4.42 Å². The molecule has 0 unspecified atom stereocenters. The van der Waals surface area contributed by atoms with Gasteiger partial charge in [0.2, 0.25) is 5.95 Å².